The quantitative estimate of drug-likeness (QED) is 0.685. The van der Waals surface area contributed by atoms with Crippen LogP contribution in [0.1, 0.15) is 18.6 Å². The molecule has 0 saturated heterocycles. The SMILES string of the molecule is CC(=O)Nc1ccc(S(=O)(=O)NC[C@H](O)c2ccc3c(c2)OCCO3)cc1. The summed E-state index contributed by atoms with van der Waals surface area (Å²) in [4.78, 5) is 11.0. The second-order valence-corrected chi connectivity index (χ2v) is 7.74. The second kappa shape index (κ2) is 7.95. The molecule has 1 aliphatic rings. The van der Waals surface area contributed by atoms with Crippen molar-refractivity contribution in [2.24, 2.45) is 0 Å². The van der Waals surface area contributed by atoms with Gasteiger partial charge in [0.25, 0.3) is 0 Å². The molecule has 0 bridgehead atoms. The molecular weight excluding hydrogens is 372 g/mol. The van der Waals surface area contributed by atoms with Crippen molar-refractivity contribution in [3.05, 3.63) is 48.0 Å². The highest BCUT2D eigenvalue weighted by atomic mass is 32.2. The molecule has 27 heavy (non-hydrogen) atoms. The van der Waals surface area contributed by atoms with Gasteiger partial charge in [0.1, 0.15) is 13.2 Å². The van der Waals surface area contributed by atoms with Gasteiger partial charge in [-0.15, -0.1) is 0 Å². The predicted molar refractivity (Wildman–Crippen MR) is 98.3 cm³/mol. The maximum Gasteiger partial charge on any atom is 0.240 e. The summed E-state index contributed by atoms with van der Waals surface area (Å²) < 4.78 is 38.0. The summed E-state index contributed by atoms with van der Waals surface area (Å²) in [5.74, 6) is 0.873. The number of aliphatic hydroxyl groups excluding tert-OH is 1. The lowest BCUT2D eigenvalue weighted by Crippen LogP contribution is -2.28. The molecule has 3 N–H and O–H groups in total. The molecule has 1 aliphatic heterocycles. The molecule has 0 spiro atoms. The number of carbonyl (C=O) groups excluding carboxylic acids is 1. The Bertz CT molecular complexity index is 927. The molecule has 1 heterocycles. The number of hydrogen-bond acceptors (Lipinski definition) is 6. The van der Waals surface area contributed by atoms with Crippen LogP contribution < -0.4 is 19.5 Å². The molecule has 1 amide bonds. The average molecular weight is 392 g/mol. The van der Waals surface area contributed by atoms with E-state index in [1.165, 1.54) is 31.2 Å². The van der Waals surface area contributed by atoms with Crippen molar-refractivity contribution >= 4 is 21.6 Å². The normalized spacial score (nSPS) is 14.4. The van der Waals surface area contributed by atoms with Crippen LogP contribution >= 0.6 is 0 Å². The molecule has 2 aromatic carbocycles. The molecule has 0 unspecified atom stereocenters. The zero-order valence-electron chi connectivity index (χ0n) is 14.6. The molecule has 0 saturated carbocycles. The number of hydrogen-bond donors (Lipinski definition) is 3. The Balaban J connectivity index is 1.65. The van der Waals surface area contributed by atoms with E-state index in [0.717, 1.165) is 0 Å². The minimum atomic E-state index is -3.80. The van der Waals surface area contributed by atoms with Crippen LogP contribution in [0.4, 0.5) is 5.69 Å². The number of anilines is 1. The molecule has 0 aromatic heterocycles. The first-order valence-corrected chi connectivity index (χ1v) is 9.78. The second-order valence-electron chi connectivity index (χ2n) is 5.98. The summed E-state index contributed by atoms with van der Waals surface area (Å²) in [5.41, 5.74) is 1.01. The lowest BCUT2D eigenvalue weighted by molar-refractivity contribution is -0.114. The van der Waals surface area contributed by atoms with Crippen molar-refractivity contribution < 1.29 is 27.8 Å². The lowest BCUT2D eigenvalue weighted by Gasteiger charge is -2.20. The molecule has 0 fully saturated rings. The van der Waals surface area contributed by atoms with Crippen LogP contribution in [0.25, 0.3) is 0 Å². The molecule has 0 aliphatic carbocycles. The third-order valence-corrected chi connectivity index (χ3v) is 5.34. The van der Waals surface area contributed by atoms with Crippen LogP contribution in [0.3, 0.4) is 0 Å². The van der Waals surface area contributed by atoms with E-state index in [1.807, 2.05) is 0 Å². The van der Waals surface area contributed by atoms with Gasteiger partial charge in [0.2, 0.25) is 15.9 Å². The van der Waals surface area contributed by atoms with Crippen molar-refractivity contribution in [3.63, 3.8) is 0 Å². The van der Waals surface area contributed by atoms with E-state index in [-0.39, 0.29) is 17.3 Å². The smallest absolute Gasteiger partial charge is 0.240 e. The van der Waals surface area contributed by atoms with Gasteiger partial charge in [-0.1, -0.05) is 6.07 Å². The van der Waals surface area contributed by atoms with Gasteiger partial charge in [0, 0.05) is 19.2 Å². The van der Waals surface area contributed by atoms with E-state index < -0.39 is 16.1 Å². The van der Waals surface area contributed by atoms with E-state index in [0.29, 0.717) is 36.0 Å². The first kappa shape index (κ1) is 19.2. The van der Waals surface area contributed by atoms with Crippen LogP contribution in [0.2, 0.25) is 0 Å². The van der Waals surface area contributed by atoms with E-state index in [9.17, 15) is 18.3 Å². The van der Waals surface area contributed by atoms with Crippen molar-refractivity contribution in [3.8, 4) is 11.5 Å². The maximum atomic E-state index is 12.4. The van der Waals surface area contributed by atoms with Crippen LogP contribution in [0.5, 0.6) is 11.5 Å². The van der Waals surface area contributed by atoms with Crippen LogP contribution in [0.15, 0.2) is 47.4 Å². The van der Waals surface area contributed by atoms with E-state index >= 15 is 0 Å². The summed E-state index contributed by atoms with van der Waals surface area (Å²) in [5, 5.41) is 12.9. The third-order valence-electron chi connectivity index (χ3n) is 3.90. The Hall–Kier alpha value is -2.62. The zero-order valence-corrected chi connectivity index (χ0v) is 15.5. The fraction of sp³-hybridized carbons (Fsp3) is 0.278. The van der Waals surface area contributed by atoms with Gasteiger partial charge in [-0.25, -0.2) is 13.1 Å². The zero-order chi connectivity index (χ0) is 19.4. The third kappa shape index (κ3) is 4.76. The number of amides is 1. The van der Waals surface area contributed by atoms with Crippen molar-refractivity contribution in [2.75, 3.05) is 25.1 Å². The van der Waals surface area contributed by atoms with Gasteiger partial charge in [-0.05, 0) is 42.0 Å². The highest BCUT2D eigenvalue weighted by Crippen LogP contribution is 2.32. The molecule has 2 aromatic rings. The minimum Gasteiger partial charge on any atom is -0.486 e. The molecule has 3 rings (SSSR count). The van der Waals surface area contributed by atoms with Crippen LogP contribution in [0, 0.1) is 0 Å². The minimum absolute atomic E-state index is 0.0333. The maximum absolute atomic E-state index is 12.4. The highest BCUT2D eigenvalue weighted by Gasteiger charge is 2.19. The summed E-state index contributed by atoms with van der Waals surface area (Å²) in [6, 6.07) is 10.7. The number of rotatable bonds is 6. The number of ether oxygens (including phenoxy) is 2. The van der Waals surface area contributed by atoms with Crippen LogP contribution in [-0.2, 0) is 14.8 Å². The molecule has 8 nitrogen and oxygen atoms in total. The van der Waals surface area contributed by atoms with Crippen molar-refractivity contribution in [1.29, 1.82) is 0 Å². The summed E-state index contributed by atoms with van der Waals surface area (Å²) in [6.45, 7) is 2.06. The number of benzene rings is 2. The largest absolute Gasteiger partial charge is 0.486 e. The van der Waals surface area contributed by atoms with Crippen molar-refractivity contribution in [1.82, 2.24) is 4.72 Å². The average Bonchev–Trinajstić information content (AvgIpc) is 2.66. The fourth-order valence-corrected chi connectivity index (χ4v) is 3.62. The Kier molecular flexibility index (Phi) is 5.64. The van der Waals surface area contributed by atoms with Gasteiger partial charge >= 0.3 is 0 Å². The lowest BCUT2D eigenvalue weighted by atomic mass is 10.1. The molecule has 144 valence electrons. The topological polar surface area (TPSA) is 114 Å². The molecular formula is C18H20N2O6S. The number of nitrogens with one attached hydrogen (secondary N) is 2. The Morgan fingerprint density at radius 1 is 1.11 bits per heavy atom. The summed E-state index contributed by atoms with van der Waals surface area (Å²) in [7, 11) is -3.80. The Labute approximate surface area is 157 Å². The molecule has 0 radical (unpaired) electrons. The Morgan fingerprint density at radius 2 is 1.78 bits per heavy atom. The van der Waals surface area contributed by atoms with Gasteiger partial charge in [0.05, 0.1) is 11.0 Å². The van der Waals surface area contributed by atoms with E-state index in [1.54, 1.807) is 18.2 Å². The Morgan fingerprint density at radius 3 is 2.44 bits per heavy atom. The van der Waals surface area contributed by atoms with E-state index in [2.05, 4.69) is 10.0 Å². The molecule has 9 heteroatoms. The monoisotopic (exact) mass is 392 g/mol. The summed E-state index contributed by atoms with van der Waals surface area (Å²) in [6.07, 6.45) is -1.05. The standard InChI is InChI=1S/C18H20N2O6S/c1-12(21)20-14-3-5-15(6-4-14)27(23,24)19-11-16(22)13-2-7-17-18(10-13)26-9-8-25-17/h2-7,10,16,19,22H,8-9,11H2,1H3,(H,20,21)/t16-/m0/s1. The molecule has 1 atom stereocenters. The van der Waals surface area contributed by atoms with Crippen molar-refractivity contribution in [2.45, 2.75) is 17.9 Å². The van der Waals surface area contributed by atoms with Crippen LogP contribution in [-0.4, -0.2) is 39.2 Å². The predicted octanol–water partition coefficient (Wildman–Crippen LogP) is 1.43. The number of fused-ring (bicyclic) bond motifs is 1. The number of sulfonamides is 1. The number of aliphatic hydroxyl groups is 1. The highest BCUT2D eigenvalue weighted by molar-refractivity contribution is 7.89. The van der Waals surface area contributed by atoms with Gasteiger partial charge < -0.3 is 19.9 Å². The fourth-order valence-electron chi connectivity index (χ4n) is 2.58. The first-order chi connectivity index (χ1) is 12.8. The summed E-state index contributed by atoms with van der Waals surface area (Å²) >= 11 is 0. The van der Waals surface area contributed by atoms with Gasteiger partial charge in [-0.3, -0.25) is 4.79 Å². The number of carbonyl (C=O) groups is 1. The first-order valence-electron chi connectivity index (χ1n) is 8.30. The van der Waals surface area contributed by atoms with Gasteiger partial charge in [0.15, 0.2) is 11.5 Å². The van der Waals surface area contributed by atoms with Gasteiger partial charge in [-0.2, -0.15) is 0 Å². The van der Waals surface area contributed by atoms with E-state index in [4.69, 9.17) is 9.47 Å².